The molecular weight excluding hydrogens is 248 g/mol. The normalized spacial score (nSPS) is 10.1. The van der Waals surface area contributed by atoms with Gasteiger partial charge in [0.1, 0.15) is 10.9 Å². The number of benzene rings is 1. The SMILES string of the molecule is CCSc1c(-c2ccccc2)sc(C#N)c1N. The molecule has 2 rings (SSSR count). The highest BCUT2D eigenvalue weighted by molar-refractivity contribution is 7.99. The minimum Gasteiger partial charge on any atom is -0.396 e. The van der Waals surface area contributed by atoms with E-state index in [1.807, 2.05) is 30.3 Å². The van der Waals surface area contributed by atoms with Gasteiger partial charge in [-0.05, 0) is 11.3 Å². The molecule has 0 atom stereocenters. The number of nitrogens with zero attached hydrogens (tertiary/aromatic N) is 1. The molecule has 0 unspecified atom stereocenters. The van der Waals surface area contributed by atoms with Gasteiger partial charge in [0.2, 0.25) is 0 Å². The molecule has 0 aliphatic heterocycles. The number of hydrogen-bond acceptors (Lipinski definition) is 4. The Bertz CT molecular complexity index is 553. The van der Waals surface area contributed by atoms with E-state index in [0.717, 1.165) is 21.1 Å². The number of hydrogen-bond donors (Lipinski definition) is 1. The third-order valence-corrected chi connectivity index (χ3v) is 4.62. The lowest BCUT2D eigenvalue weighted by Gasteiger charge is -2.03. The highest BCUT2D eigenvalue weighted by Crippen LogP contribution is 2.43. The first-order valence-corrected chi connectivity index (χ1v) is 7.08. The van der Waals surface area contributed by atoms with Crippen LogP contribution in [-0.2, 0) is 0 Å². The van der Waals surface area contributed by atoms with Crippen molar-refractivity contribution in [2.75, 3.05) is 11.5 Å². The summed E-state index contributed by atoms with van der Waals surface area (Å²) in [5, 5.41) is 9.04. The van der Waals surface area contributed by atoms with Gasteiger partial charge in [-0.25, -0.2) is 0 Å². The zero-order valence-corrected chi connectivity index (χ0v) is 11.1. The lowest BCUT2D eigenvalue weighted by Crippen LogP contribution is -1.87. The fraction of sp³-hybridized carbons (Fsp3) is 0.154. The molecule has 1 aromatic heterocycles. The van der Waals surface area contributed by atoms with Gasteiger partial charge >= 0.3 is 0 Å². The summed E-state index contributed by atoms with van der Waals surface area (Å²) in [4.78, 5) is 2.76. The van der Waals surface area contributed by atoms with Crippen molar-refractivity contribution in [3.63, 3.8) is 0 Å². The minimum atomic E-state index is 0.611. The van der Waals surface area contributed by atoms with Gasteiger partial charge in [0.15, 0.2) is 0 Å². The number of thiophene rings is 1. The maximum Gasteiger partial charge on any atom is 0.129 e. The van der Waals surface area contributed by atoms with E-state index < -0.39 is 0 Å². The number of rotatable bonds is 3. The second kappa shape index (κ2) is 5.26. The van der Waals surface area contributed by atoms with E-state index in [4.69, 9.17) is 11.0 Å². The Labute approximate surface area is 109 Å². The summed E-state index contributed by atoms with van der Waals surface area (Å²) in [6.45, 7) is 2.09. The van der Waals surface area contributed by atoms with Crippen LogP contribution in [0, 0.1) is 11.3 Å². The third-order valence-electron chi connectivity index (χ3n) is 2.33. The highest BCUT2D eigenvalue weighted by atomic mass is 32.2. The Morgan fingerprint density at radius 1 is 1.35 bits per heavy atom. The average molecular weight is 260 g/mol. The van der Waals surface area contributed by atoms with Gasteiger partial charge in [-0.2, -0.15) is 5.26 Å². The van der Waals surface area contributed by atoms with Crippen molar-refractivity contribution in [3.05, 3.63) is 35.2 Å². The molecule has 0 bridgehead atoms. The molecule has 0 radical (unpaired) electrons. The Morgan fingerprint density at radius 2 is 2.06 bits per heavy atom. The van der Waals surface area contributed by atoms with Gasteiger partial charge in [-0.1, -0.05) is 37.3 Å². The van der Waals surface area contributed by atoms with E-state index in [1.54, 1.807) is 11.8 Å². The number of thioether (sulfide) groups is 1. The lowest BCUT2D eigenvalue weighted by atomic mass is 10.2. The van der Waals surface area contributed by atoms with Crippen LogP contribution < -0.4 is 5.73 Å². The van der Waals surface area contributed by atoms with Gasteiger partial charge in [-0.3, -0.25) is 0 Å². The summed E-state index contributed by atoms with van der Waals surface area (Å²) in [5.41, 5.74) is 7.76. The van der Waals surface area contributed by atoms with E-state index in [9.17, 15) is 0 Å². The van der Waals surface area contributed by atoms with Crippen LogP contribution in [0.25, 0.3) is 10.4 Å². The maximum absolute atomic E-state index is 9.04. The van der Waals surface area contributed by atoms with Crippen LogP contribution in [-0.4, -0.2) is 5.75 Å². The Hall–Kier alpha value is -1.44. The predicted octanol–water partition coefficient (Wildman–Crippen LogP) is 3.98. The first kappa shape index (κ1) is 12.0. The van der Waals surface area contributed by atoms with E-state index in [-0.39, 0.29) is 0 Å². The first-order valence-electron chi connectivity index (χ1n) is 5.28. The van der Waals surface area contributed by atoms with Crippen molar-refractivity contribution in [3.8, 4) is 16.5 Å². The number of nitrogen functional groups attached to an aromatic ring is 1. The summed E-state index contributed by atoms with van der Waals surface area (Å²) in [6, 6.07) is 12.2. The molecule has 0 aliphatic rings. The zero-order valence-electron chi connectivity index (χ0n) is 9.43. The molecule has 4 heteroatoms. The second-order valence-electron chi connectivity index (χ2n) is 3.41. The van der Waals surface area contributed by atoms with Crippen LogP contribution in [0.2, 0.25) is 0 Å². The molecule has 2 nitrogen and oxygen atoms in total. The predicted molar refractivity (Wildman–Crippen MR) is 75.3 cm³/mol. The fourth-order valence-corrected chi connectivity index (χ4v) is 3.66. The van der Waals surface area contributed by atoms with Crippen LogP contribution >= 0.6 is 23.1 Å². The summed E-state index contributed by atoms with van der Waals surface area (Å²) in [7, 11) is 0. The molecule has 0 saturated heterocycles. The number of anilines is 1. The first-order chi connectivity index (χ1) is 8.27. The molecule has 0 fully saturated rings. The van der Waals surface area contributed by atoms with Crippen molar-refractivity contribution in [1.82, 2.24) is 0 Å². The van der Waals surface area contributed by atoms with Crippen LogP contribution in [0.3, 0.4) is 0 Å². The van der Waals surface area contributed by atoms with E-state index in [0.29, 0.717) is 10.6 Å². The Morgan fingerprint density at radius 3 is 2.65 bits per heavy atom. The van der Waals surface area contributed by atoms with Gasteiger partial charge in [0, 0.05) is 0 Å². The molecule has 0 spiro atoms. The molecule has 2 aromatic rings. The molecule has 0 aliphatic carbocycles. The summed E-state index contributed by atoms with van der Waals surface area (Å²) < 4.78 is 0. The van der Waals surface area contributed by atoms with Crippen molar-refractivity contribution >= 4 is 28.8 Å². The second-order valence-corrected chi connectivity index (χ2v) is 5.71. The Balaban J connectivity index is 2.58. The fourth-order valence-electron chi connectivity index (χ4n) is 1.58. The average Bonchev–Trinajstić information content (AvgIpc) is 2.69. The highest BCUT2D eigenvalue weighted by Gasteiger charge is 2.16. The largest absolute Gasteiger partial charge is 0.396 e. The Kier molecular flexibility index (Phi) is 3.72. The van der Waals surface area contributed by atoms with Crippen LogP contribution in [0.4, 0.5) is 5.69 Å². The standard InChI is InChI=1S/C13H12N2S2/c1-2-16-13-11(15)10(8-14)17-12(13)9-6-4-3-5-7-9/h3-7H,2,15H2,1H3. The zero-order chi connectivity index (χ0) is 12.3. The molecular formula is C13H12N2S2. The van der Waals surface area contributed by atoms with Crippen LogP contribution in [0.15, 0.2) is 35.2 Å². The quantitative estimate of drug-likeness (QED) is 0.849. The topological polar surface area (TPSA) is 49.8 Å². The van der Waals surface area contributed by atoms with Gasteiger partial charge in [0.05, 0.1) is 15.5 Å². The molecule has 0 saturated carbocycles. The van der Waals surface area contributed by atoms with Gasteiger partial charge < -0.3 is 5.73 Å². The molecule has 86 valence electrons. The molecule has 1 aromatic carbocycles. The van der Waals surface area contributed by atoms with Crippen molar-refractivity contribution in [1.29, 1.82) is 5.26 Å². The number of nitrogens with two attached hydrogens (primary N) is 1. The van der Waals surface area contributed by atoms with Crippen molar-refractivity contribution in [2.45, 2.75) is 11.8 Å². The smallest absolute Gasteiger partial charge is 0.129 e. The molecule has 0 amide bonds. The van der Waals surface area contributed by atoms with Crippen LogP contribution in [0.5, 0.6) is 0 Å². The lowest BCUT2D eigenvalue weighted by molar-refractivity contribution is 1.46. The molecule has 1 heterocycles. The van der Waals surface area contributed by atoms with Crippen LogP contribution in [0.1, 0.15) is 11.8 Å². The molecule has 17 heavy (non-hydrogen) atoms. The number of nitriles is 1. The summed E-state index contributed by atoms with van der Waals surface area (Å²) in [5.74, 6) is 0.950. The minimum absolute atomic E-state index is 0.611. The van der Waals surface area contributed by atoms with Crippen molar-refractivity contribution < 1.29 is 0 Å². The van der Waals surface area contributed by atoms with E-state index in [1.165, 1.54) is 11.3 Å². The van der Waals surface area contributed by atoms with Crippen molar-refractivity contribution in [2.24, 2.45) is 0 Å². The summed E-state index contributed by atoms with van der Waals surface area (Å²) in [6.07, 6.45) is 0. The molecule has 2 N–H and O–H groups in total. The van der Waals surface area contributed by atoms with Gasteiger partial charge in [-0.15, -0.1) is 23.1 Å². The maximum atomic E-state index is 9.04. The van der Waals surface area contributed by atoms with E-state index >= 15 is 0 Å². The summed E-state index contributed by atoms with van der Waals surface area (Å²) >= 11 is 3.17. The van der Waals surface area contributed by atoms with Gasteiger partial charge in [0.25, 0.3) is 0 Å². The monoisotopic (exact) mass is 260 g/mol. The van der Waals surface area contributed by atoms with E-state index in [2.05, 4.69) is 13.0 Å². The third kappa shape index (κ3) is 2.31.